The van der Waals surface area contributed by atoms with Crippen LogP contribution in [0.25, 0.3) is 10.9 Å². The van der Waals surface area contributed by atoms with E-state index >= 15 is 0 Å². The zero-order valence-electron chi connectivity index (χ0n) is 13.5. The number of fused-ring (bicyclic) bond motifs is 1. The summed E-state index contributed by atoms with van der Waals surface area (Å²) in [7, 11) is 0. The van der Waals surface area contributed by atoms with Gasteiger partial charge in [-0.05, 0) is 68.9 Å². The van der Waals surface area contributed by atoms with Crippen LogP contribution >= 0.6 is 15.9 Å². The average molecular weight is 374 g/mol. The molecule has 4 heteroatoms. The highest BCUT2D eigenvalue weighted by Gasteiger charge is 2.28. The molecule has 0 radical (unpaired) electrons. The first-order valence-corrected chi connectivity index (χ1v) is 9.58. The highest BCUT2D eigenvalue weighted by atomic mass is 79.9. The van der Waals surface area contributed by atoms with Crippen LogP contribution in [-0.2, 0) is 6.54 Å². The molecule has 0 saturated carbocycles. The van der Waals surface area contributed by atoms with Crippen LogP contribution in [0.15, 0.2) is 34.9 Å². The van der Waals surface area contributed by atoms with Gasteiger partial charge in [0.25, 0.3) is 0 Å². The van der Waals surface area contributed by atoms with Crippen LogP contribution in [0.1, 0.15) is 31.2 Å². The largest absolute Gasteiger partial charge is 0.314 e. The average Bonchev–Trinajstić information content (AvgIpc) is 3.13. The predicted octanol–water partition coefficient (Wildman–Crippen LogP) is 3.96. The van der Waals surface area contributed by atoms with Crippen molar-refractivity contribution in [3.05, 3.63) is 40.5 Å². The third-order valence-corrected chi connectivity index (χ3v) is 6.19. The first-order chi connectivity index (χ1) is 11.3. The van der Waals surface area contributed by atoms with Gasteiger partial charge in [0.2, 0.25) is 0 Å². The molecule has 23 heavy (non-hydrogen) atoms. The number of likely N-dealkylation sites (tertiary alicyclic amines) is 1. The fraction of sp³-hybridized carbons (Fsp3) is 0.526. The zero-order valence-corrected chi connectivity index (χ0v) is 15.1. The number of halogens is 1. The molecule has 122 valence electrons. The molecule has 1 aromatic heterocycles. The normalized spacial score (nSPS) is 23.6. The third-order valence-electron chi connectivity index (χ3n) is 5.49. The van der Waals surface area contributed by atoms with Crippen molar-refractivity contribution >= 4 is 26.8 Å². The molecule has 4 rings (SSSR count). The molecule has 1 unspecified atom stereocenters. The summed E-state index contributed by atoms with van der Waals surface area (Å²) in [5.41, 5.74) is 2.49. The lowest BCUT2D eigenvalue weighted by Crippen LogP contribution is -2.40. The molecule has 2 fully saturated rings. The Labute approximate surface area is 146 Å². The van der Waals surface area contributed by atoms with Crippen molar-refractivity contribution in [3.8, 4) is 0 Å². The van der Waals surface area contributed by atoms with Crippen molar-refractivity contribution < 1.29 is 0 Å². The molecule has 0 bridgehead atoms. The first-order valence-electron chi connectivity index (χ1n) is 8.79. The SMILES string of the molecule is Brc1ccc(CN2CCC(C3CCCN3)CC2)c2ncccc12. The van der Waals surface area contributed by atoms with Gasteiger partial charge in [-0.1, -0.05) is 28.1 Å². The Kier molecular flexibility index (Phi) is 4.65. The summed E-state index contributed by atoms with van der Waals surface area (Å²) in [6.45, 7) is 4.67. The quantitative estimate of drug-likeness (QED) is 0.882. The topological polar surface area (TPSA) is 28.2 Å². The van der Waals surface area contributed by atoms with Gasteiger partial charge in [0.1, 0.15) is 0 Å². The molecule has 2 aromatic rings. The van der Waals surface area contributed by atoms with Gasteiger partial charge in [-0.2, -0.15) is 0 Å². The minimum Gasteiger partial charge on any atom is -0.314 e. The van der Waals surface area contributed by atoms with E-state index in [-0.39, 0.29) is 0 Å². The Bertz CT molecular complexity index is 673. The van der Waals surface area contributed by atoms with Crippen molar-refractivity contribution in [2.75, 3.05) is 19.6 Å². The van der Waals surface area contributed by atoms with Crippen LogP contribution < -0.4 is 5.32 Å². The van der Waals surface area contributed by atoms with E-state index in [1.165, 1.54) is 56.3 Å². The maximum Gasteiger partial charge on any atom is 0.0758 e. The fourth-order valence-electron chi connectivity index (χ4n) is 4.19. The lowest BCUT2D eigenvalue weighted by Gasteiger charge is -2.35. The van der Waals surface area contributed by atoms with Crippen LogP contribution in [0.5, 0.6) is 0 Å². The van der Waals surface area contributed by atoms with Gasteiger partial charge >= 0.3 is 0 Å². The van der Waals surface area contributed by atoms with Gasteiger partial charge in [0, 0.05) is 28.6 Å². The summed E-state index contributed by atoms with van der Waals surface area (Å²) in [6.07, 6.45) is 7.31. The maximum absolute atomic E-state index is 4.62. The number of aromatic nitrogens is 1. The Balaban J connectivity index is 1.44. The van der Waals surface area contributed by atoms with E-state index in [4.69, 9.17) is 0 Å². The molecule has 2 aliphatic rings. The Morgan fingerprint density at radius 3 is 2.83 bits per heavy atom. The Hall–Kier alpha value is -0.970. The van der Waals surface area contributed by atoms with Crippen molar-refractivity contribution in [2.45, 2.75) is 38.3 Å². The zero-order chi connectivity index (χ0) is 15.6. The molecule has 1 aromatic carbocycles. The standard InChI is InChI=1S/C19H24BrN3/c20-17-6-5-15(19-16(17)3-1-10-22-19)13-23-11-7-14(8-12-23)18-4-2-9-21-18/h1,3,5-6,10,14,18,21H,2,4,7-9,11-13H2. The van der Waals surface area contributed by atoms with Crippen molar-refractivity contribution in [3.63, 3.8) is 0 Å². The van der Waals surface area contributed by atoms with E-state index in [1.807, 2.05) is 12.3 Å². The van der Waals surface area contributed by atoms with Crippen LogP contribution in [-0.4, -0.2) is 35.6 Å². The van der Waals surface area contributed by atoms with Gasteiger partial charge in [-0.3, -0.25) is 9.88 Å². The number of pyridine rings is 1. The molecule has 0 aliphatic carbocycles. The van der Waals surface area contributed by atoms with Gasteiger partial charge in [0.15, 0.2) is 0 Å². The van der Waals surface area contributed by atoms with E-state index in [0.717, 1.165) is 28.5 Å². The molecule has 0 spiro atoms. The third kappa shape index (κ3) is 3.30. The summed E-state index contributed by atoms with van der Waals surface area (Å²) in [5.74, 6) is 0.883. The van der Waals surface area contributed by atoms with E-state index in [1.54, 1.807) is 0 Å². The molecule has 3 heterocycles. The summed E-state index contributed by atoms with van der Waals surface area (Å²) in [4.78, 5) is 7.22. The second-order valence-electron chi connectivity index (χ2n) is 6.92. The fourth-order valence-corrected chi connectivity index (χ4v) is 4.64. The summed E-state index contributed by atoms with van der Waals surface area (Å²) in [5, 5.41) is 4.91. The van der Waals surface area contributed by atoms with Crippen LogP contribution in [0.4, 0.5) is 0 Å². The highest BCUT2D eigenvalue weighted by molar-refractivity contribution is 9.10. The Morgan fingerprint density at radius 1 is 1.17 bits per heavy atom. The molecule has 1 N–H and O–H groups in total. The van der Waals surface area contributed by atoms with E-state index in [9.17, 15) is 0 Å². The second-order valence-corrected chi connectivity index (χ2v) is 7.78. The van der Waals surface area contributed by atoms with Crippen LogP contribution in [0.2, 0.25) is 0 Å². The number of hydrogen-bond acceptors (Lipinski definition) is 3. The molecule has 2 saturated heterocycles. The summed E-state index contributed by atoms with van der Waals surface area (Å²) in [6, 6.07) is 9.33. The van der Waals surface area contributed by atoms with E-state index in [0.29, 0.717) is 0 Å². The Morgan fingerprint density at radius 2 is 2.04 bits per heavy atom. The monoisotopic (exact) mass is 373 g/mol. The van der Waals surface area contributed by atoms with Gasteiger partial charge in [-0.15, -0.1) is 0 Å². The van der Waals surface area contributed by atoms with Crippen LogP contribution in [0.3, 0.4) is 0 Å². The number of nitrogens with one attached hydrogen (secondary N) is 1. The van der Waals surface area contributed by atoms with Crippen molar-refractivity contribution in [2.24, 2.45) is 5.92 Å². The number of piperidine rings is 1. The van der Waals surface area contributed by atoms with E-state index in [2.05, 4.69) is 49.3 Å². The number of rotatable bonds is 3. The predicted molar refractivity (Wildman–Crippen MR) is 98.5 cm³/mol. The maximum atomic E-state index is 4.62. The lowest BCUT2D eigenvalue weighted by molar-refractivity contribution is 0.158. The molecular weight excluding hydrogens is 350 g/mol. The number of nitrogens with zero attached hydrogens (tertiary/aromatic N) is 2. The minimum atomic E-state index is 0.785. The lowest BCUT2D eigenvalue weighted by atomic mass is 9.88. The minimum absolute atomic E-state index is 0.785. The van der Waals surface area contributed by atoms with Gasteiger partial charge < -0.3 is 5.32 Å². The van der Waals surface area contributed by atoms with Gasteiger partial charge in [0.05, 0.1) is 5.52 Å². The van der Waals surface area contributed by atoms with Crippen LogP contribution in [0, 0.1) is 5.92 Å². The first kappa shape index (κ1) is 15.6. The number of benzene rings is 1. The molecular formula is C19H24BrN3. The van der Waals surface area contributed by atoms with Crippen molar-refractivity contribution in [1.29, 1.82) is 0 Å². The van der Waals surface area contributed by atoms with Gasteiger partial charge in [-0.25, -0.2) is 0 Å². The number of hydrogen-bond donors (Lipinski definition) is 1. The summed E-state index contributed by atoms with van der Waals surface area (Å²) >= 11 is 3.64. The molecule has 0 amide bonds. The van der Waals surface area contributed by atoms with E-state index < -0.39 is 0 Å². The second kappa shape index (κ2) is 6.88. The summed E-state index contributed by atoms with van der Waals surface area (Å²) < 4.78 is 1.13. The van der Waals surface area contributed by atoms with Crippen molar-refractivity contribution in [1.82, 2.24) is 15.2 Å². The molecule has 3 nitrogen and oxygen atoms in total. The highest BCUT2D eigenvalue weighted by Crippen LogP contribution is 2.29. The smallest absolute Gasteiger partial charge is 0.0758 e. The molecule has 1 atom stereocenters. The molecule has 2 aliphatic heterocycles.